The zero-order valence-corrected chi connectivity index (χ0v) is 7.41. The molecule has 0 aromatic heterocycles. The maximum atomic E-state index is 13.0. The highest BCUT2D eigenvalue weighted by molar-refractivity contribution is 5.25. The molecule has 1 aromatic rings. The van der Waals surface area contributed by atoms with Crippen molar-refractivity contribution in [3.63, 3.8) is 0 Å². The Kier molecular flexibility index (Phi) is 3.28. The third-order valence-electron chi connectivity index (χ3n) is 1.80. The summed E-state index contributed by atoms with van der Waals surface area (Å²) < 4.78 is 64.3. The molecule has 0 aliphatic heterocycles. The van der Waals surface area contributed by atoms with Crippen LogP contribution in [0.25, 0.3) is 0 Å². The number of benzene rings is 1. The Morgan fingerprint density at radius 1 is 1.07 bits per heavy atom. The quantitative estimate of drug-likeness (QED) is 0.785. The van der Waals surface area contributed by atoms with Crippen molar-refractivity contribution in [1.82, 2.24) is 0 Å². The minimum absolute atomic E-state index is 0.170. The molecule has 0 fully saturated rings. The molecule has 0 bridgehead atoms. The summed E-state index contributed by atoms with van der Waals surface area (Å²) in [5.41, 5.74) is -1.52. The SMILES string of the molecule is OCCC(F)(F)c1c(F)cc(F)cc1F. The predicted molar refractivity (Wildman–Crippen MR) is 41.9 cm³/mol. The molecule has 0 aliphatic carbocycles. The summed E-state index contributed by atoms with van der Waals surface area (Å²) in [4.78, 5) is 0. The van der Waals surface area contributed by atoms with Crippen LogP contribution in [0, 0.1) is 17.5 Å². The second-order valence-electron chi connectivity index (χ2n) is 2.92. The van der Waals surface area contributed by atoms with Gasteiger partial charge in [-0.05, 0) is 0 Å². The largest absolute Gasteiger partial charge is 0.396 e. The molecule has 15 heavy (non-hydrogen) atoms. The van der Waals surface area contributed by atoms with E-state index in [1.807, 2.05) is 0 Å². The van der Waals surface area contributed by atoms with Crippen LogP contribution in [-0.2, 0) is 5.92 Å². The number of hydrogen-bond acceptors (Lipinski definition) is 1. The third-order valence-corrected chi connectivity index (χ3v) is 1.80. The van der Waals surface area contributed by atoms with Gasteiger partial charge in [-0.2, -0.15) is 0 Å². The van der Waals surface area contributed by atoms with Crippen molar-refractivity contribution < 1.29 is 27.1 Å². The topological polar surface area (TPSA) is 20.2 Å². The van der Waals surface area contributed by atoms with Crippen LogP contribution in [0.2, 0.25) is 0 Å². The molecule has 0 spiro atoms. The molecule has 0 saturated heterocycles. The molecule has 1 rings (SSSR count). The summed E-state index contributed by atoms with van der Waals surface area (Å²) in [7, 11) is 0. The lowest BCUT2D eigenvalue weighted by Crippen LogP contribution is -2.19. The molecular formula is C9H7F5O. The molecule has 0 unspecified atom stereocenters. The highest BCUT2D eigenvalue weighted by Crippen LogP contribution is 2.35. The lowest BCUT2D eigenvalue weighted by atomic mass is 10.0. The van der Waals surface area contributed by atoms with Gasteiger partial charge in [0.25, 0.3) is 5.92 Å². The number of aliphatic hydroxyl groups is 1. The van der Waals surface area contributed by atoms with E-state index in [0.29, 0.717) is 0 Å². The number of alkyl halides is 2. The molecule has 1 nitrogen and oxygen atoms in total. The van der Waals surface area contributed by atoms with E-state index in [1.165, 1.54) is 0 Å². The van der Waals surface area contributed by atoms with Crippen LogP contribution in [0.3, 0.4) is 0 Å². The van der Waals surface area contributed by atoms with E-state index in [1.54, 1.807) is 0 Å². The lowest BCUT2D eigenvalue weighted by Gasteiger charge is -2.16. The Bertz CT molecular complexity index is 341. The molecule has 1 N–H and O–H groups in total. The van der Waals surface area contributed by atoms with E-state index < -0.39 is 42.0 Å². The van der Waals surface area contributed by atoms with Crippen molar-refractivity contribution >= 4 is 0 Å². The van der Waals surface area contributed by atoms with Crippen LogP contribution < -0.4 is 0 Å². The maximum absolute atomic E-state index is 13.0. The summed E-state index contributed by atoms with van der Waals surface area (Å²) in [6, 6.07) is 0.341. The molecule has 0 heterocycles. The Hall–Kier alpha value is -1.17. The Morgan fingerprint density at radius 3 is 1.93 bits per heavy atom. The van der Waals surface area contributed by atoms with Crippen molar-refractivity contribution in [2.45, 2.75) is 12.3 Å². The Balaban J connectivity index is 3.24. The highest BCUT2D eigenvalue weighted by atomic mass is 19.3. The zero-order chi connectivity index (χ0) is 11.6. The third kappa shape index (κ3) is 2.44. The van der Waals surface area contributed by atoms with Crippen molar-refractivity contribution in [2.75, 3.05) is 6.61 Å². The number of rotatable bonds is 3. The average Bonchev–Trinajstić information content (AvgIpc) is 1.99. The smallest absolute Gasteiger partial charge is 0.281 e. The normalized spacial score (nSPS) is 11.9. The van der Waals surface area contributed by atoms with E-state index in [-0.39, 0.29) is 12.1 Å². The first kappa shape index (κ1) is 11.9. The standard InChI is InChI=1S/C9H7F5O/c10-5-3-6(11)8(7(12)4-5)9(13,14)1-2-15/h3-4,15H,1-2H2. The van der Waals surface area contributed by atoms with Crippen LogP contribution in [0.1, 0.15) is 12.0 Å². The fourth-order valence-corrected chi connectivity index (χ4v) is 1.16. The zero-order valence-electron chi connectivity index (χ0n) is 7.41. The van der Waals surface area contributed by atoms with Gasteiger partial charge in [0, 0.05) is 25.2 Å². The fraction of sp³-hybridized carbons (Fsp3) is 0.333. The number of hydrogen-bond donors (Lipinski definition) is 1. The predicted octanol–water partition coefficient (Wildman–Crippen LogP) is 2.58. The minimum atomic E-state index is -3.85. The van der Waals surface area contributed by atoms with E-state index in [4.69, 9.17) is 5.11 Å². The van der Waals surface area contributed by atoms with Crippen LogP contribution >= 0.6 is 0 Å². The second-order valence-corrected chi connectivity index (χ2v) is 2.92. The molecule has 84 valence electrons. The van der Waals surface area contributed by atoms with Gasteiger partial charge in [0.2, 0.25) is 0 Å². The van der Waals surface area contributed by atoms with Crippen LogP contribution in [0.15, 0.2) is 12.1 Å². The minimum Gasteiger partial charge on any atom is -0.396 e. The number of halogens is 5. The van der Waals surface area contributed by atoms with Gasteiger partial charge >= 0.3 is 0 Å². The van der Waals surface area contributed by atoms with Gasteiger partial charge in [-0.25, -0.2) is 22.0 Å². The van der Waals surface area contributed by atoms with Crippen molar-refractivity contribution in [3.05, 3.63) is 35.1 Å². The van der Waals surface area contributed by atoms with Gasteiger partial charge < -0.3 is 5.11 Å². The van der Waals surface area contributed by atoms with Crippen molar-refractivity contribution in [1.29, 1.82) is 0 Å². The van der Waals surface area contributed by atoms with Gasteiger partial charge in [0.15, 0.2) is 0 Å². The first-order chi connectivity index (χ1) is 6.88. The van der Waals surface area contributed by atoms with E-state index >= 15 is 0 Å². The Labute approximate surface area is 82.1 Å². The van der Waals surface area contributed by atoms with Crippen molar-refractivity contribution in [3.8, 4) is 0 Å². The molecule has 0 saturated carbocycles. The highest BCUT2D eigenvalue weighted by Gasteiger charge is 2.37. The Morgan fingerprint density at radius 2 is 1.53 bits per heavy atom. The monoisotopic (exact) mass is 226 g/mol. The van der Waals surface area contributed by atoms with Crippen molar-refractivity contribution in [2.24, 2.45) is 0 Å². The molecular weight excluding hydrogens is 219 g/mol. The maximum Gasteiger partial charge on any atom is 0.281 e. The van der Waals surface area contributed by atoms with Gasteiger partial charge in [-0.3, -0.25) is 0 Å². The first-order valence-electron chi connectivity index (χ1n) is 4.02. The molecule has 0 radical (unpaired) electrons. The fourth-order valence-electron chi connectivity index (χ4n) is 1.16. The summed E-state index contributed by atoms with van der Waals surface area (Å²) in [5, 5.41) is 8.30. The van der Waals surface area contributed by atoms with E-state index in [2.05, 4.69) is 0 Å². The second kappa shape index (κ2) is 4.14. The molecule has 6 heteroatoms. The number of aliphatic hydroxyl groups excluding tert-OH is 1. The molecule has 0 amide bonds. The summed E-state index contributed by atoms with van der Waals surface area (Å²) in [6.45, 7) is -0.927. The molecule has 0 aliphatic rings. The van der Waals surface area contributed by atoms with Gasteiger partial charge in [0.1, 0.15) is 17.5 Å². The van der Waals surface area contributed by atoms with Crippen LogP contribution in [0.4, 0.5) is 22.0 Å². The summed E-state index contributed by atoms with van der Waals surface area (Å²) >= 11 is 0. The van der Waals surface area contributed by atoms with Gasteiger partial charge in [-0.1, -0.05) is 0 Å². The van der Waals surface area contributed by atoms with Gasteiger partial charge in [-0.15, -0.1) is 0 Å². The first-order valence-corrected chi connectivity index (χ1v) is 4.02. The molecule has 1 aromatic carbocycles. The average molecular weight is 226 g/mol. The van der Waals surface area contributed by atoms with E-state index in [0.717, 1.165) is 0 Å². The van der Waals surface area contributed by atoms with Crippen LogP contribution in [-0.4, -0.2) is 11.7 Å². The molecule has 0 atom stereocenters. The van der Waals surface area contributed by atoms with Gasteiger partial charge in [0.05, 0.1) is 5.56 Å². The lowest BCUT2D eigenvalue weighted by molar-refractivity contribution is -0.0332. The summed E-state index contributed by atoms with van der Waals surface area (Å²) in [6.07, 6.45) is -1.12. The van der Waals surface area contributed by atoms with Crippen LogP contribution in [0.5, 0.6) is 0 Å². The summed E-state index contributed by atoms with van der Waals surface area (Å²) in [5.74, 6) is -8.44. The van der Waals surface area contributed by atoms with E-state index in [9.17, 15) is 22.0 Å².